The number of anilines is 1. The second-order valence-electron chi connectivity index (χ2n) is 7.58. The predicted molar refractivity (Wildman–Crippen MR) is 128 cm³/mol. The van der Waals surface area contributed by atoms with E-state index in [0.29, 0.717) is 18.8 Å². The maximum absolute atomic E-state index is 12.8. The average molecular weight is 466 g/mol. The summed E-state index contributed by atoms with van der Waals surface area (Å²) < 4.78 is 28.0. The topological polar surface area (TPSA) is 95.6 Å². The molecule has 0 radical (unpaired) electrons. The van der Waals surface area contributed by atoms with E-state index >= 15 is 0 Å². The Bertz CT molecular complexity index is 1230. The van der Waals surface area contributed by atoms with Gasteiger partial charge in [-0.15, -0.1) is 0 Å². The molecule has 0 fully saturated rings. The number of hydrogen-bond donors (Lipinski definition) is 2. The van der Waals surface area contributed by atoms with Gasteiger partial charge in [-0.2, -0.15) is 0 Å². The summed E-state index contributed by atoms with van der Waals surface area (Å²) in [6, 6.07) is 22.3. The number of rotatable bonds is 9. The number of carbonyl (C=O) groups is 2. The Morgan fingerprint density at radius 2 is 1.64 bits per heavy atom. The van der Waals surface area contributed by atoms with Crippen LogP contribution in [0.2, 0.25) is 0 Å². The average Bonchev–Trinajstić information content (AvgIpc) is 2.81. The molecular formula is C25H27N3O4S. The van der Waals surface area contributed by atoms with E-state index in [4.69, 9.17) is 0 Å². The first-order valence-electron chi connectivity index (χ1n) is 10.6. The van der Waals surface area contributed by atoms with Crippen LogP contribution in [0.15, 0.2) is 83.8 Å². The van der Waals surface area contributed by atoms with Crippen LogP contribution < -0.4 is 10.0 Å². The molecular weight excluding hydrogens is 438 g/mol. The summed E-state index contributed by atoms with van der Waals surface area (Å²) in [4.78, 5) is 26.8. The van der Waals surface area contributed by atoms with E-state index in [0.717, 1.165) is 11.1 Å². The van der Waals surface area contributed by atoms with Gasteiger partial charge in [0.05, 0.1) is 11.4 Å². The first-order valence-corrected chi connectivity index (χ1v) is 12.1. The number of carbonyl (C=O) groups excluding carboxylic acids is 2. The van der Waals surface area contributed by atoms with Crippen molar-refractivity contribution in [3.63, 3.8) is 0 Å². The Labute approximate surface area is 194 Å². The number of hydrogen-bond acceptors (Lipinski definition) is 4. The molecule has 0 spiro atoms. The molecule has 3 aromatic carbocycles. The van der Waals surface area contributed by atoms with E-state index in [9.17, 15) is 18.0 Å². The quantitative estimate of drug-likeness (QED) is 0.505. The third-order valence-electron chi connectivity index (χ3n) is 5.03. The maximum atomic E-state index is 12.8. The van der Waals surface area contributed by atoms with Crippen molar-refractivity contribution in [2.75, 3.05) is 17.8 Å². The molecule has 172 valence electrons. The largest absolute Gasteiger partial charge is 0.343 e. The number of likely N-dealkylation sites (N-methyl/N-ethyl adjacent to an activating group) is 1. The number of amides is 2. The van der Waals surface area contributed by atoms with Crippen molar-refractivity contribution in [3.8, 4) is 0 Å². The lowest BCUT2D eigenvalue weighted by atomic mass is 10.2. The summed E-state index contributed by atoms with van der Waals surface area (Å²) in [6.07, 6.45) is 0. The van der Waals surface area contributed by atoms with E-state index in [2.05, 4.69) is 10.0 Å². The van der Waals surface area contributed by atoms with E-state index in [1.54, 1.807) is 23.1 Å². The SMILES string of the molecule is CCN(Cc1ccccc1)C(=O)CNC(=O)c1cccc(S(=O)(=O)Nc2cccc(C)c2)c1. The number of aryl methyl sites for hydroxylation is 1. The van der Waals surface area contributed by atoms with Gasteiger partial charge in [0.2, 0.25) is 5.91 Å². The molecule has 2 N–H and O–H groups in total. The van der Waals surface area contributed by atoms with Crippen molar-refractivity contribution in [2.24, 2.45) is 0 Å². The molecule has 3 aromatic rings. The van der Waals surface area contributed by atoms with Gasteiger partial charge in [-0.3, -0.25) is 14.3 Å². The molecule has 0 bridgehead atoms. The Kier molecular flexibility index (Phi) is 7.84. The number of nitrogens with zero attached hydrogens (tertiary/aromatic N) is 1. The second kappa shape index (κ2) is 10.8. The van der Waals surface area contributed by atoms with Gasteiger partial charge in [-0.05, 0) is 55.3 Å². The summed E-state index contributed by atoms with van der Waals surface area (Å²) in [7, 11) is -3.87. The highest BCUT2D eigenvalue weighted by atomic mass is 32.2. The van der Waals surface area contributed by atoms with Crippen LogP contribution in [0.5, 0.6) is 0 Å². The highest BCUT2D eigenvalue weighted by Crippen LogP contribution is 2.18. The van der Waals surface area contributed by atoms with Gasteiger partial charge in [-0.25, -0.2) is 8.42 Å². The highest BCUT2D eigenvalue weighted by molar-refractivity contribution is 7.92. The minimum absolute atomic E-state index is 0.0396. The molecule has 0 saturated carbocycles. The normalized spacial score (nSPS) is 11.0. The smallest absolute Gasteiger partial charge is 0.261 e. The molecule has 0 heterocycles. The van der Waals surface area contributed by atoms with Crippen LogP contribution >= 0.6 is 0 Å². The third-order valence-corrected chi connectivity index (χ3v) is 6.41. The number of benzene rings is 3. The van der Waals surface area contributed by atoms with Gasteiger partial charge >= 0.3 is 0 Å². The fraction of sp³-hybridized carbons (Fsp3) is 0.200. The lowest BCUT2D eigenvalue weighted by molar-refractivity contribution is -0.130. The monoisotopic (exact) mass is 465 g/mol. The summed E-state index contributed by atoms with van der Waals surface area (Å²) in [6.45, 7) is 4.51. The van der Waals surface area contributed by atoms with Gasteiger partial charge < -0.3 is 10.2 Å². The van der Waals surface area contributed by atoms with Crippen molar-refractivity contribution in [3.05, 3.63) is 95.6 Å². The summed E-state index contributed by atoms with van der Waals surface area (Å²) in [5, 5.41) is 2.59. The first kappa shape index (κ1) is 24.0. The van der Waals surface area contributed by atoms with Gasteiger partial charge in [0.25, 0.3) is 15.9 Å². The fourth-order valence-corrected chi connectivity index (χ4v) is 4.37. The molecule has 33 heavy (non-hydrogen) atoms. The molecule has 0 aliphatic carbocycles. The zero-order chi connectivity index (χ0) is 23.8. The lowest BCUT2D eigenvalue weighted by Crippen LogP contribution is -2.39. The summed E-state index contributed by atoms with van der Waals surface area (Å²) in [5.74, 6) is -0.744. The minimum Gasteiger partial charge on any atom is -0.343 e. The van der Waals surface area contributed by atoms with Gasteiger partial charge in [0.1, 0.15) is 0 Å². The molecule has 0 aliphatic heterocycles. The summed E-state index contributed by atoms with van der Waals surface area (Å²) >= 11 is 0. The molecule has 3 rings (SSSR count). The van der Waals surface area contributed by atoms with E-state index in [1.807, 2.05) is 50.2 Å². The van der Waals surface area contributed by atoms with Crippen molar-refractivity contribution in [1.29, 1.82) is 0 Å². The van der Waals surface area contributed by atoms with Crippen LogP contribution in [0.1, 0.15) is 28.4 Å². The van der Waals surface area contributed by atoms with Gasteiger partial charge in [0, 0.05) is 24.3 Å². The Hall–Kier alpha value is -3.65. The first-order chi connectivity index (χ1) is 15.8. The van der Waals surface area contributed by atoms with Crippen molar-refractivity contribution in [2.45, 2.75) is 25.3 Å². The molecule has 0 aromatic heterocycles. The number of sulfonamides is 1. The zero-order valence-corrected chi connectivity index (χ0v) is 19.4. The lowest BCUT2D eigenvalue weighted by Gasteiger charge is -2.21. The highest BCUT2D eigenvalue weighted by Gasteiger charge is 2.18. The van der Waals surface area contributed by atoms with E-state index < -0.39 is 15.9 Å². The minimum atomic E-state index is -3.87. The molecule has 7 nitrogen and oxygen atoms in total. The van der Waals surface area contributed by atoms with E-state index in [-0.39, 0.29) is 22.9 Å². The van der Waals surface area contributed by atoms with Crippen molar-refractivity contribution >= 4 is 27.5 Å². The second-order valence-corrected chi connectivity index (χ2v) is 9.26. The third kappa shape index (κ3) is 6.66. The fourth-order valence-electron chi connectivity index (χ4n) is 3.28. The predicted octanol–water partition coefficient (Wildman–Crippen LogP) is 3.57. The summed E-state index contributed by atoms with van der Waals surface area (Å²) in [5.41, 5.74) is 2.51. The molecule has 2 amide bonds. The van der Waals surface area contributed by atoms with Crippen LogP contribution in [0.3, 0.4) is 0 Å². The van der Waals surface area contributed by atoms with Gasteiger partial charge in [0.15, 0.2) is 0 Å². The van der Waals surface area contributed by atoms with Crippen LogP contribution in [0.25, 0.3) is 0 Å². The van der Waals surface area contributed by atoms with Crippen molar-refractivity contribution < 1.29 is 18.0 Å². The van der Waals surface area contributed by atoms with Crippen LogP contribution in [0, 0.1) is 6.92 Å². The Morgan fingerprint density at radius 3 is 2.33 bits per heavy atom. The molecule has 0 aliphatic rings. The van der Waals surface area contributed by atoms with Crippen molar-refractivity contribution in [1.82, 2.24) is 10.2 Å². The molecule has 8 heteroatoms. The Morgan fingerprint density at radius 1 is 0.909 bits per heavy atom. The molecule has 0 unspecified atom stereocenters. The van der Waals surface area contributed by atoms with E-state index in [1.165, 1.54) is 24.3 Å². The molecule has 0 saturated heterocycles. The number of nitrogens with one attached hydrogen (secondary N) is 2. The van der Waals surface area contributed by atoms with Crippen LogP contribution in [-0.4, -0.2) is 38.2 Å². The van der Waals surface area contributed by atoms with Crippen LogP contribution in [-0.2, 0) is 21.4 Å². The maximum Gasteiger partial charge on any atom is 0.261 e. The van der Waals surface area contributed by atoms with Gasteiger partial charge in [-0.1, -0.05) is 48.5 Å². The zero-order valence-electron chi connectivity index (χ0n) is 18.6. The molecule has 0 atom stereocenters. The Balaban J connectivity index is 1.64. The standard InChI is InChI=1S/C25H27N3O4S/c1-3-28(18-20-10-5-4-6-11-20)24(29)17-26-25(30)21-12-8-14-23(16-21)33(31,32)27-22-13-7-9-19(2)15-22/h4-16,27H,3,17-18H2,1-2H3,(H,26,30). The van der Waals surface area contributed by atoms with Crippen LogP contribution in [0.4, 0.5) is 5.69 Å².